The van der Waals surface area contributed by atoms with E-state index in [0.717, 1.165) is 12.2 Å². The Hall–Kier alpha value is -1.35. The summed E-state index contributed by atoms with van der Waals surface area (Å²) in [4.78, 5) is 14.9. The van der Waals surface area contributed by atoms with Gasteiger partial charge < -0.3 is 9.64 Å². The number of aryl methyl sites for hydroxylation is 1. The second-order valence-corrected chi connectivity index (χ2v) is 7.01. The zero-order valence-electron chi connectivity index (χ0n) is 14.1. The van der Waals surface area contributed by atoms with Crippen molar-refractivity contribution in [3.63, 3.8) is 0 Å². The summed E-state index contributed by atoms with van der Waals surface area (Å²) in [6.45, 7) is 13.6. The van der Waals surface area contributed by atoms with Crippen molar-refractivity contribution in [1.29, 1.82) is 0 Å². The van der Waals surface area contributed by atoms with E-state index in [1.165, 1.54) is 5.56 Å². The molecular formula is C18H27NO2. The standard InChI is InChI=1S/C18H27NO2/c1-7-19(14-10-8-13(2)9-11-14)12-15-16(20)18(5,6)21-17(15,3)4/h8-11,15H,7,12H2,1-6H3. The molecule has 0 amide bonds. The van der Waals surface area contributed by atoms with Crippen LogP contribution < -0.4 is 4.90 Å². The number of benzene rings is 1. The second-order valence-electron chi connectivity index (χ2n) is 7.01. The molecule has 1 heterocycles. The third-order valence-electron chi connectivity index (χ3n) is 4.45. The predicted molar refractivity (Wildman–Crippen MR) is 86.8 cm³/mol. The van der Waals surface area contributed by atoms with Crippen molar-refractivity contribution in [3.8, 4) is 0 Å². The predicted octanol–water partition coefficient (Wildman–Crippen LogP) is 3.59. The Labute approximate surface area is 128 Å². The van der Waals surface area contributed by atoms with Crippen LogP contribution in [0.1, 0.15) is 40.2 Å². The molecule has 3 nitrogen and oxygen atoms in total. The van der Waals surface area contributed by atoms with Gasteiger partial charge in [0.1, 0.15) is 5.60 Å². The minimum absolute atomic E-state index is 0.103. The Bertz CT molecular complexity index is 517. The number of carbonyl (C=O) groups excluding carboxylic acids is 1. The van der Waals surface area contributed by atoms with Crippen LogP contribution in [0.2, 0.25) is 0 Å². The quantitative estimate of drug-likeness (QED) is 0.848. The molecule has 1 atom stereocenters. The topological polar surface area (TPSA) is 29.5 Å². The van der Waals surface area contributed by atoms with Crippen LogP contribution in [0.4, 0.5) is 5.69 Å². The van der Waals surface area contributed by atoms with Gasteiger partial charge in [-0.2, -0.15) is 0 Å². The lowest BCUT2D eigenvalue weighted by Gasteiger charge is -2.31. The molecule has 0 bridgehead atoms. The maximum Gasteiger partial charge on any atom is 0.171 e. The highest BCUT2D eigenvalue weighted by molar-refractivity contribution is 5.92. The first kappa shape index (κ1) is 16.0. The van der Waals surface area contributed by atoms with Crippen molar-refractivity contribution in [1.82, 2.24) is 0 Å². The van der Waals surface area contributed by atoms with Gasteiger partial charge in [-0.1, -0.05) is 17.7 Å². The van der Waals surface area contributed by atoms with E-state index in [1.54, 1.807) is 0 Å². The Balaban J connectivity index is 2.22. The van der Waals surface area contributed by atoms with E-state index in [4.69, 9.17) is 4.74 Å². The van der Waals surface area contributed by atoms with Crippen molar-refractivity contribution < 1.29 is 9.53 Å². The molecule has 1 aliphatic rings. The van der Waals surface area contributed by atoms with Gasteiger partial charge in [-0.15, -0.1) is 0 Å². The van der Waals surface area contributed by atoms with Crippen LogP contribution in [0.3, 0.4) is 0 Å². The van der Waals surface area contributed by atoms with Gasteiger partial charge in [0.05, 0.1) is 11.5 Å². The lowest BCUT2D eigenvalue weighted by atomic mass is 9.85. The maximum atomic E-state index is 12.6. The number of carbonyl (C=O) groups is 1. The van der Waals surface area contributed by atoms with Gasteiger partial charge in [0.2, 0.25) is 0 Å². The van der Waals surface area contributed by atoms with Crippen LogP contribution >= 0.6 is 0 Å². The van der Waals surface area contributed by atoms with E-state index in [9.17, 15) is 4.79 Å². The first-order valence-corrected chi connectivity index (χ1v) is 7.73. The van der Waals surface area contributed by atoms with Gasteiger partial charge >= 0.3 is 0 Å². The minimum atomic E-state index is -0.680. The van der Waals surface area contributed by atoms with Gasteiger partial charge in [0, 0.05) is 18.8 Å². The van der Waals surface area contributed by atoms with E-state index in [-0.39, 0.29) is 11.7 Å². The molecule has 21 heavy (non-hydrogen) atoms. The highest BCUT2D eigenvalue weighted by Crippen LogP contribution is 2.39. The van der Waals surface area contributed by atoms with Crippen LogP contribution in [0.25, 0.3) is 0 Å². The van der Waals surface area contributed by atoms with E-state index in [0.29, 0.717) is 6.54 Å². The van der Waals surface area contributed by atoms with Crippen LogP contribution in [-0.2, 0) is 9.53 Å². The number of hydrogen-bond donors (Lipinski definition) is 0. The summed E-state index contributed by atoms with van der Waals surface area (Å²) >= 11 is 0. The average Bonchev–Trinajstić information content (AvgIpc) is 2.54. The molecule has 0 radical (unpaired) electrons. The van der Waals surface area contributed by atoms with Gasteiger partial charge in [-0.25, -0.2) is 0 Å². The smallest absolute Gasteiger partial charge is 0.171 e. The molecule has 1 aromatic rings. The van der Waals surface area contributed by atoms with Gasteiger partial charge in [0.15, 0.2) is 5.78 Å². The number of ketones is 1. The van der Waals surface area contributed by atoms with Crippen molar-refractivity contribution in [2.75, 3.05) is 18.0 Å². The Morgan fingerprint density at radius 1 is 1.14 bits per heavy atom. The van der Waals surface area contributed by atoms with Gasteiger partial charge in [-0.05, 0) is 53.7 Å². The van der Waals surface area contributed by atoms with Crippen LogP contribution in [0, 0.1) is 12.8 Å². The molecule has 116 valence electrons. The van der Waals surface area contributed by atoms with E-state index >= 15 is 0 Å². The summed E-state index contributed by atoms with van der Waals surface area (Å²) in [5.74, 6) is 0.104. The van der Waals surface area contributed by atoms with Crippen molar-refractivity contribution in [3.05, 3.63) is 29.8 Å². The number of Topliss-reactive ketones (excluding diaryl/α,β-unsaturated/α-hetero) is 1. The number of rotatable bonds is 4. The molecule has 2 rings (SSSR count). The Morgan fingerprint density at radius 3 is 2.14 bits per heavy atom. The molecule has 0 N–H and O–H groups in total. The fourth-order valence-corrected chi connectivity index (χ4v) is 3.21. The Morgan fingerprint density at radius 2 is 1.71 bits per heavy atom. The molecule has 0 spiro atoms. The monoisotopic (exact) mass is 289 g/mol. The van der Waals surface area contributed by atoms with Crippen molar-refractivity contribution in [2.45, 2.75) is 52.7 Å². The first-order valence-electron chi connectivity index (χ1n) is 7.73. The number of hydrogen-bond acceptors (Lipinski definition) is 3. The molecule has 1 aromatic carbocycles. The average molecular weight is 289 g/mol. The van der Waals surface area contributed by atoms with Gasteiger partial charge in [0.25, 0.3) is 0 Å². The summed E-state index contributed by atoms with van der Waals surface area (Å²) in [7, 11) is 0. The second kappa shape index (κ2) is 5.45. The third kappa shape index (κ3) is 3.13. The molecule has 1 unspecified atom stereocenters. The number of ether oxygens (including phenoxy) is 1. The molecule has 0 aromatic heterocycles. The van der Waals surface area contributed by atoms with Crippen LogP contribution in [0.5, 0.6) is 0 Å². The lowest BCUT2D eigenvalue weighted by molar-refractivity contribution is -0.132. The summed E-state index contributed by atoms with van der Waals surface area (Å²) in [6.07, 6.45) is 0. The van der Waals surface area contributed by atoms with Crippen molar-refractivity contribution >= 4 is 11.5 Å². The SMILES string of the molecule is CCN(CC1C(=O)C(C)(C)OC1(C)C)c1ccc(C)cc1. The van der Waals surface area contributed by atoms with E-state index in [1.807, 2.05) is 27.7 Å². The summed E-state index contributed by atoms with van der Waals surface area (Å²) in [5.41, 5.74) is 1.31. The normalized spacial score (nSPS) is 23.3. The summed E-state index contributed by atoms with van der Waals surface area (Å²) < 4.78 is 5.99. The summed E-state index contributed by atoms with van der Waals surface area (Å²) in [6, 6.07) is 8.47. The van der Waals surface area contributed by atoms with Gasteiger partial charge in [-0.3, -0.25) is 4.79 Å². The lowest BCUT2D eigenvalue weighted by Crippen LogP contribution is -2.41. The fraction of sp³-hybridized carbons (Fsp3) is 0.611. The first-order chi connectivity index (χ1) is 9.67. The van der Waals surface area contributed by atoms with Crippen LogP contribution in [0.15, 0.2) is 24.3 Å². The Kier molecular flexibility index (Phi) is 4.16. The van der Waals surface area contributed by atoms with Crippen molar-refractivity contribution in [2.24, 2.45) is 5.92 Å². The zero-order valence-corrected chi connectivity index (χ0v) is 14.1. The van der Waals surface area contributed by atoms with E-state index in [2.05, 4.69) is 43.0 Å². The molecule has 0 aliphatic carbocycles. The molecule has 3 heteroatoms. The van der Waals surface area contributed by atoms with E-state index < -0.39 is 11.2 Å². The molecular weight excluding hydrogens is 262 g/mol. The number of anilines is 1. The summed E-state index contributed by atoms with van der Waals surface area (Å²) in [5, 5.41) is 0. The largest absolute Gasteiger partial charge is 0.371 e. The number of nitrogens with zero attached hydrogens (tertiary/aromatic N) is 1. The molecule has 1 fully saturated rings. The third-order valence-corrected chi connectivity index (χ3v) is 4.45. The molecule has 1 aliphatic heterocycles. The zero-order chi connectivity index (χ0) is 15.8. The molecule has 0 saturated carbocycles. The highest BCUT2D eigenvalue weighted by atomic mass is 16.5. The maximum absolute atomic E-state index is 12.6. The fourth-order valence-electron chi connectivity index (χ4n) is 3.21. The highest BCUT2D eigenvalue weighted by Gasteiger charge is 2.53. The minimum Gasteiger partial charge on any atom is -0.371 e. The van der Waals surface area contributed by atoms with Crippen LogP contribution in [-0.4, -0.2) is 30.1 Å². The molecule has 1 saturated heterocycles.